The fourth-order valence-electron chi connectivity index (χ4n) is 1.57. The van der Waals surface area contributed by atoms with Crippen LogP contribution in [0, 0.1) is 0 Å². The van der Waals surface area contributed by atoms with Gasteiger partial charge in [0.1, 0.15) is 0 Å². The molecule has 0 spiro atoms. The lowest BCUT2D eigenvalue weighted by Gasteiger charge is -2.11. The smallest absolute Gasteiger partial charge is 0.170 e. The lowest BCUT2D eigenvalue weighted by molar-refractivity contribution is 0.315. The van der Waals surface area contributed by atoms with Gasteiger partial charge in [0.25, 0.3) is 0 Å². The van der Waals surface area contributed by atoms with Crippen LogP contribution in [-0.2, 0) is 0 Å². The van der Waals surface area contributed by atoms with E-state index in [-0.39, 0.29) is 0 Å². The molecule has 15 heavy (non-hydrogen) atoms. The second-order valence-electron chi connectivity index (χ2n) is 3.13. The Morgan fingerprint density at radius 1 is 1.27 bits per heavy atom. The van der Waals surface area contributed by atoms with Gasteiger partial charge in [-0.25, -0.2) is 0 Å². The van der Waals surface area contributed by atoms with Crippen LogP contribution in [0.3, 0.4) is 0 Å². The molecule has 0 saturated heterocycles. The Labute approximate surface area is 88.7 Å². The second kappa shape index (κ2) is 4.17. The fraction of sp³-hybridized carbons (Fsp3) is 0.250. The van der Waals surface area contributed by atoms with Crippen molar-refractivity contribution in [3.63, 3.8) is 0 Å². The number of hydrogen-bond acceptors (Lipinski definition) is 3. The highest BCUT2D eigenvalue weighted by Gasteiger charge is 2.08. The molecule has 0 aliphatic rings. The van der Waals surface area contributed by atoms with E-state index in [2.05, 4.69) is 4.98 Å². The van der Waals surface area contributed by atoms with Gasteiger partial charge in [0.15, 0.2) is 11.5 Å². The number of hydrogen-bond donors (Lipinski definition) is 0. The Kier molecular flexibility index (Phi) is 2.72. The first-order valence-electron chi connectivity index (χ1n) is 4.90. The van der Waals surface area contributed by atoms with Gasteiger partial charge in [-0.1, -0.05) is 6.07 Å². The molecule has 0 amide bonds. The van der Waals surface area contributed by atoms with Gasteiger partial charge >= 0.3 is 0 Å². The molecule has 1 aromatic heterocycles. The summed E-state index contributed by atoms with van der Waals surface area (Å²) >= 11 is 0. The van der Waals surface area contributed by atoms with Gasteiger partial charge in [-0.3, -0.25) is 4.98 Å². The number of fused-ring (bicyclic) bond motifs is 1. The summed E-state index contributed by atoms with van der Waals surface area (Å²) in [5.41, 5.74) is 0. The number of pyridine rings is 1. The highest BCUT2D eigenvalue weighted by Crippen LogP contribution is 2.34. The Bertz CT molecular complexity index is 468. The average molecular weight is 203 g/mol. The van der Waals surface area contributed by atoms with E-state index in [0.717, 1.165) is 22.3 Å². The monoisotopic (exact) mass is 203 g/mol. The third kappa shape index (κ3) is 1.73. The largest absolute Gasteiger partial charge is 0.493 e. The van der Waals surface area contributed by atoms with E-state index >= 15 is 0 Å². The molecule has 1 heterocycles. The predicted molar refractivity (Wildman–Crippen MR) is 59.5 cm³/mol. The van der Waals surface area contributed by atoms with Crippen LogP contribution >= 0.6 is 0 Å². The zero-order valence-electron chi connectivity index (χ0n) is 8.86. The second-order valence-corrected chi connectivity index (χ2v) is 3.13. The van der Waals surface area contributed by atoms with Gasteiger partial charge in [-0.2, -0.15) is 0 Å². The highest BCUT2D eigenvalue weighted by atomic mass is 16.5. The van der Waals surface area contributed by atoms with Crippen LogP contribution < -0.4 is 9.47 Å². The third-order valence-corrected chi connectivity index (χ3v) is 2.25. The Morgan fingerprint density at radius 3 is 2.87 bits per heavy atom. The molecule has 0 aliphatic carbocycles. The molecule has 78 valence electrons. The van der Waals surface area contributed by atoms with Crippen molar-refractivity contribution in [1.29, 1.82) is 0 Å². The summed E-state index contributed by atoms with van der Waals surface area (Å²) in [6.45, 7) is 2.57. The van der Waals surface area contributed by atoms with Crippen molar-refractivity contribution in [2.45, 2.75) is 6.92 Å². The van der Waals surface area contributed by atoms with Crippen LogP contribution in [0.1, 0.15) is 6.92 Å². The van der Waals surface area contributed by atoms with Crippen LogP contribution in [0.4, 0.5) is 0 Å². The Hall–Kier alpha value is -1.77. The first-order valence-corrected chi connectivity index (χ1v) is 4.90. The van der Waals surface area contributed by atoms with Crippen molar-refractivity contribution in [3.8, 4) is 11.5 Å². The molecule has 0 aliphatic heterocycles. The summed E-state index contributed by atoms with van der Waals surface area (Å²) in [5.74, 6) is 1.52. The maximum Gasteiger partial charge on any atom is 0.170 e. The van der Waals surface area contributed by atoms with Crippen molar-refractivity contribution in [2.24, 2.45) is 0 Å². The zero-order valence-corrected chi connectivity index (χ0v) is 8.86. The predicted octanol–water partition coefficient (Wildman–Crippen LogP) is 2.64. The summed E-state index contributed by atoms with van der Waals surface area (Å²) in [6, 6.07) is 5.86. The Balaban J connectivity index is 2.67. The molecule has 0 atom stereocenters. The number of benzene rings is 1. The molecule has 0 unspecified atom stereocenters. The number of aromatic nitrogens is 1. The molecule has 3 nitrogen and oxygen atoms in total. The van der Waals surface area contributed by atoms with Gasteiger partial charge in [-0.05, 0) is 24.4 Å². The number of rotatable bonds is 3. The molecule has 2 aromatic rings. The normalized spacial score (nSPS) is 10.3. The highest BCUT2D eigenvalue weighted by molar-refractivity contribution is 5.89. The molecule has 1 aromatic carbocycles. The van der Waals surface area contributed by atoms with Crippen molar-refractivity contribution < 1.29 is 9.47 Å². The molecule has 0 saturated carbocycles. The molecule has 0 N–H and O–H groups in total. The van der Waals surface area contributed by atoms with E-state index in [1.807, 2.05) is 25.1 Å². The lowest BCUT2D eigenvalue weighted by atomic mass is 10.1. The molecule has 0 fully saturated rings. The van der Waals surface area contributed by atoms with Gasteiger partial charge in [0.2, 0.25) is 0 Å². The van der Waals surface area contributed by atoms with Gasteiger partial charge < -0.3 is 9.47 Å². The van der Waals surface area contributed by atoms with Crippen molar-refractivity contribution in [2.75, 3.05) is 13.7 Å². The molecular weight excluding hydrogens is 190 g/mol. The number of nitrogens with zero attached hydrogens (tertiary/aromatic N) is 1. The van der Waals surface area contributed by atoms with Crippen LogP contribution in [-0.4, -0.2) is 18.7 Å². The van der Waals surface area contributed by atoms with Crippen LogP contribution in [0.5, 0.6) is 11.5 Å². The van der Waals surface area contributed by atoms with Crippen LogP contribution in [0.25, 0.3) is 10.8 Å². The minimum atomic E-state index is 0.615. The minimum absolute atomic E-state index is 0.615. The molecule has 3 heteroatoms. The van der Waals surface area contributed by atoms with Gasteiger partial charge in [0.05, 0.1) is 13.7 Å². The zero-order chi connectivity index (χ0) is 10.7. The van der Waals surface area contributed by atoms with E-state index in [1.54, 1.807) is 19.5 Å². The van der Waals surface area contributed by atoms with Crippen molar-refractivity contribution >= 4 is 10.8 Å². The summed E-state index contributed by atoms with van der Waals surface area (Å²) < 4.78 is 10.8. The standard InChI is InChI=1S/C12H13NO2/c1-3-15-12-10-8-13-7-6-9(10)4-5-11(12)14-2/h4-8H,3H2,1-2H3. The first-order chi connectivity index (χ1) is 7.36. The average Bonchev–Trinajstić information content (AvgIpc) is 2.30. The van der Waals surface area contributed by atoms with E-state index in [4.69, 9.17) is 9.47 Å². The summed E-state index contributed by atoms with van der Waals surface area (Å²) in [6.07, 6.45) is 3.56. The molecule has 0 bridgehead atoms. The minimum Gasteiger partial charge on any atom is -0.493 e. The van der Waals surface area contributed by atoms with E-state index in [1.165, 1.54) is 0 Å². The summed E-state index contributed by atoms with van der Waals surface area (Å²) in [5, 5.41) is 2.09. The molecule has 2 rings (SSSR count). The van der Waals surface area contributed by atoms with E-state index < -0.39 is 0 Å². The quantitative estimate of drug-likeness (QED) is 0.768. The van der Waals surface area contributed by atoms with E-state index in [9.17, 15) is 0 Å². The van der Waals surface area contributed by atoms with Crippen molar-refractivity contribution in [1.82, 2.24) is 4.98 Å². The maximum absolute atomic E-state index is 5.58. The SMILES string of the molecule is CCOc1c(OC)ccc2ccncc12. The first kappa shape index (κ1) is 9.77. The maximum atomic E-state index is 5.58. The molecular formula is C12H13NO2. The summed E-state index contributed by atoms with van der Waals surface area (Å²) in [7, 11) is 1.64. The fourth-order valence-corrected chi connectivity index (χ4v) is 1.57. The number of methoxy groups -OCH3 is 1. The number of ether oxygens (including phenoxy) is 2. The van der Waals surface area contributed by atoms with Crippen LogP contribution in [0.15, 0.2) is 30.6 Å². The van der Waals surface area contributed by atoms with Gasteiger partial charge in [-0.15, -0.1) is 0 Å². The van der Waals surface area contributed by atoms with Crippen LogP contribution in [0.2, 0.25) is 0 Å². The topological polar surface area (TPSA) is 31.4 Å². The van der Waals surface area contributed by atoms with E-state index in [0.29, 0.717) is 6.61 Å². The lowest BCUT2D eigenvalue weighted by Crippen LogP contribution is -1.96. The molecule has 0 radical (unpaired) electrons. The van der Waals surface area contributed by atoms with Crippen molar-refractivity contribution in [3.05, 3.63) is 30.6 Å². The Morgan fingerprint density at radius 2 is 2.13 bits per heavy atom. The summed E-state index contributed by atoms with van der Waals surface area (Å²) in [4.78, 5) is 4.10. The third-order valence-electron chi connectivity index (χ3n) is 2.25. The van der Waals surface area contributed by atoms with Gasteiger partial charge in [0, 0.05) is 17.8 Å².